The molecular formula is C29H37N3O7S2. The summed E-state index contributed by atoms with van der Waals surface area (Å²) in [7, 11) is -2.44. The number of sulfonamides is 1. The third-order valence-electron chi connectivity index (χ3n) is 8.29. The highest BCUT2D eigenvalue weighted by atomic mass is 32.2. The third kappa shape index (κ3) is 5.61. The van der Waals surface area contributed by atoms with Crippen LogP contribution in [0.15, 0.2) is 29.2 Å². The van der Waals surface area contributed by atoms with E-state index in [1.165, 1.54) is 42.7 Å². The molecule has 1 N–H and O–H groups in total. The van der Waals surface area contributed by atoms with Crippen molar-refractivity contribution in [2.24, 2.45) is 10.8 Å². The lowest BCUT2D eigenvalue weighted by Gasteiger charge is -2.39. The second-order valence-corrected chi connectivity index (χ2v) is 15.3. The van der Waals surface area contributed by atoms with Gasteiger partial charge in [0.25, 0.3) is 5.91 Å². The van der Waals surface area contributed by atoms with Crippen molar-refractivity contribution >= 4 is 44.3 Å². The molecular weight excluding hydrogens is 566 g/mol. The molecule has 41 heavy (non-hydrogen) atoms. The minimum Gasteiger partial charge on any atom is -0.465 e. The molecule has 2 unspecified atom stereocenters. The monoisotopic (exact) mass is 603 g/mol. The number of amides is 2. The molecule has 2 amide bonds. The maximum atomic E-state index is 13.6. The zero-order valence-corrected chi connectivity index (χ0v) is 25.7. The molecule has 222 valence electrons. The van der Waals surface area contributed by atoms with E-state index in [4.69, 9.17) is 9.47 Å². The van der Waals surface area contributed by atoms with E-state index in [1.807, 2.05) is 0 Å². The average molecular weight is 604 g/mol. The molecule has 1 aliphatic carbocycles. The van der Waals surface area contributed by atoms with Gasteiger partial charge in [-0.1, -0.05) is 20.8 Å². The number of nitrogens with one attached hydrogen (secondary N) is 1. The number of hydrogen-bond acceptors (Lipinski definition) is 8. The Kier molecular flexibility index (Phi) is 7.71. The van der Waals surface area contributed by atoms with Crippen LogP contribution in [-0.2, 0) is 32.5 Å². The van der Waals surface area contributed by atoms with Crippen LogP contribution in [0.5, 0.6) is 0 Å². The van der Waals surface area contributed by atoms with Crippen LogP contribution in [0, 0.1) is 10.8 Å². The van der Waals surface area contributed by atoms with Gasteiger partial charge < -0.3 is 19.7 Å². The highest BCUT2D eigenvalue weighted by Crippen LogP contribution is 2.53. The highest BCUT2D eigenvalue weighted by molar-refractivity contribution is 7.89. The van der Waals surface area contributed by atoms with E-state index in [9.17, 15) is 22.8 Å². The Bertz CT molecular complexity index is 1480. The lowest BCUT2D eigenvalue weighted by Crippen LogP contribution is -2.37. The number of methoxy groups -OCH3 is 1. The summed E-state index contributed by atoms with van der Waals surface area (Å²) in [6.45, 7) is 9.71. The van der Waals surface area contributed by atoms with Crippen LogP contribution < -0.4 is 5.32 Å². The molecule has 1 saturated heterocycles. The number of carbonyl (C=O) groups excluding carboxylic acids is 3. The zero-order chi connectivity index (χ0) is 29.7. The van der Waals surface area contributed by atoms with E-state index in [0.717, 1.165) is 29.7 Å². The Labute approximate surface area is 245 Å². The molecule has 0 spiro atoms. The van der Waals surface area contributed by atoms with Crippen molar-refractivity contribution in [1.29, 1.82) is 0 Å². The zero-order valence-electron chi connectivity index (χ0n) is 24.1. The lowest BCUT2D eigenvalue weighted by atomic mass is 9.65. The van der Waals surface area contributed by atoms with Crippen LogP contribution in [0.3, 0.4) is 0 Å². The number of ether oxygens (including phenoxy) is 2. The fraction of sp³-hybridized carbons (Fsp3) is 0.552. The van der Waals surface area contributed by atoms with E-state index in [2.05, 4.69) is 26.1 Å². The Morgan fingerprint density at radius 1 is 1.12 bits per heavy atom. The molecule has 2 aliphatic heterocycles. The van der Waals surface area contributed by atoms with Gasteiger partial charge in [0.2, 0.25) is 10.0 Å². The van der Waals surface area contributed by atoms with Crippen LogP contribution in [0.1, 0.15) is 78.1 Å². The second kappa shape index (κ2) is 10.7. The summed E-state index contributed by atoms with van der Waals surface area (Å²) in [5.74, 6) is -1.05. The number of carbonyl (C=O) groups is 3. The van der Waals surface area contributed by atoms with Gasteiger partial charge in [-0.2, -0.15) is 4.31 Å². The van der Waals surface area contributed by atoms with Crippen molar-refractivity contribution in [3.8, 4) is 0 Å². The predicted octanol–water partition coefficient (Wildman–Crippen LogP) is 4.89. The van der Waals surface area contributed by atoms with Crippen LogP contribution in [0.4, 0.5) is 9.80 Å². The van der Waals surface area contributed by atoms with Crippen LogP contribution in [0.25, 0.3) is 0 Å². The minimum absolute atomic E-state index is 0.0296. The Hall–Kier alpha value is -2.96. The van der Waals surface area contributed by atoms with Gasteiger partial charge in [0.1, 0.15) is 5.00 Å². The molecule has 2 fully saturated rings. The van der Waals surface area contributed by atoms with Gasteiger partial charge in [-0.3, -0.25) is 4.79 Å². The van der Waals surface area contributed by atoms with Gasteiger partial charge in [-0.25, -0.2) is 18.0 Å². The normalized spacial score (nSPS) is 23.5. The van der Waals surface area contributed by atoms with Gasteiger partial charge in [0.05, 0.1) is 30.7 Å². The fourth-order valence-corrected chi connectivity index (χ4v) is 9.98. The van der Waals surface area contributed by atoms with Gasteiger partial charge in [-0.05, 0) is 73.3 Å². The SMILES string of the molecule is CCOC(=O)N1CCc2c(sc(NC(=O)c3ccc(S(=O)(=O)N4CC5(C)CC4CC(C)(C)C5)cc3)c2C(=O)OC)C1. The molecule has 12 heteroatoms. The second-order valence-electron chi connectivity index (χ2n) is 12.3. The van der Waals surface area contributed by atoms with E-state index >= 15 is 0 Å². The molecule has 1 aromatic carbocycles. The van der Waals surface area contributed by atoms with E-state index < -0.39 is 28.0 Å². The Morgan fingerprint density at radius 3 is 2.49 bits per heavy atom. The first-order valence-electron chi connectivity index (χ1n) is 13.8. The smallest absolute Gasteiger partial charge is 0.410 e. The largest absolute Gasteiger partial charge is 0.465 e. The number of nitrogens with zero attached hydrogens (tertiary/aromatic N) is 2. The summed E-state index contributed by atoms with van der Waals surface area (Å²) < 4.78 is 39.0. The van der Waals surface area contributed by atoms with Crippen molar-refractivity contribution in [2.45, 2.75) is 70.9 Å². The maximum Gasteiger partial charge on any atom is 0.410 e. The lowest BCUT2D eigenvalue weighted by molar-refractivity contribution is 0.0600. The van der Waals surface area contributed by atoms with Crippen LogP contribution in [0.2, 0.25) is 0 Å². The molecule has 3 aliphatic rings. The summed E-state index contributed by atoms with van der Waals surface area (Å²) in [5, 5.41) is 3.14. The summed E-state index contributed by atoms with van der Waals surface area (Å²) in [5.41, 5.74) is 1.33. The Balaban J connectivity index is 1.35. The topological polar surface area (TPSA) is 122 Å². The summed E-state index contributed by atoms with van der Waals surface area (Å²) in [6.07, 6.45) is 2.67. The van der Waals surface area contributed by atoms with E-state index in [1.54, 1.807) is 16.1 Å². The van der Waals surface area contributed by atoms with Gasteiger partial charge in [0, 0.05) is 29.6 Å². The molecule has 2 atom stereocenters. The number of anilines is 1. The summed E-state index contributed by atoms with van der Waals surface area (Å²) in [4.78, 5) is 40.6. The Morgan fingerprint density at radius 2 is 1.83 bits per heavy atom. The third-order valence-corrected chi connectivity index (χ3v) is 11.3. The van der Waals surface area contributed by atoms with Crippen LogP contribution in [-0.4, -0.2) is 68.4 Å². The first-order chi connectivity index (χ1) is 19.3. The standard InChI is InChI=1S/C29H37N3O7S2/c1-6-39-27(35)31-12-11-21-22(15-31)40-25(23(21)26(34)38-5)30-24(33)18-7-9-20(10-8-18)41(36,37)32-17-29(4)14-19(32)13-28(2,3)16-29/h7-10,19H,6,11-17H2,1-5H3,(H,30,33). The molecule has 5 rings (SSSR count). The van der Waals surface area contributed by atoms with Crippen molar-refractivity contribution in [3.63, 3.8) is 0 Å². The molecule has 1 saturated carbocycles. The number of fused-ring (bicyclic) bond motifs is 3. The average Bonchev–Trinajstić information content (AvgIpc) is 3.40. The quantitative estimate of drug-likeness (QED) is 0.467. The van der Waals surface area contributed by atoms with Gasteiger partial charge in [-0.15, -0.1) is 11.3 Å². The molecule has 0 radical (unpaired) electrons. The van der Waals surface area contributed by atoms with Gasteiger partial charge in [0.15, 0.2) is 0 Å². The summed E-state index contributed by atoms with van der Waals surface area (Å²) in [6, 6.07) is 5.89. The van der Waals surface area contributed by atoms with Crippen LogP contribution >= 0.6 is 11.3 Å². The molecule has 2 aromatic rings. The van der Waals surface area contributed by atoms with Crippen molar-refractivity contribution in [1.82, 2.24) is 9.21 Å². The highest BCUT2D eigenvalue weighted by Gasteiger charge is 2.53. The van der Waals surface area contributed by atoms with Gasteiger partial charge >= 0.3 is 12.1 Å². The van der Waals surface area contributed by atoms with Crippen molar-refractivity contribution in [3.05, 3.63) is 45.8 Å². The number of esters is 1. The molecule has 10 nitrogen and oxygen atoms in total. The first kappa shape index (κ1) is 29.5. The number of rotatable bonds is 6. The minimum atomic E-state index is -3.72. The number of benzene rings is 1. The number of hydrogen-bond donors (Lipinski definition) is 1. The fourth-order valence-electron chi connectivity index (χ4n) is 6.96. The predicted molar refractivity (Wildman–Crippen MR) is 155 cm³/mol. The first-order valence-corrected chi connectivity index (χ1v) is 16.1. The summed E-state index contributed by atoms with van der Waals surface area (Å²) >= 11 is 1.22. The maximum absolute atomic E-state index is 13.6. The van der Waals surface area contributed by atoms with E-state index in [0.29, 0.717) is 24.5 Å². The van der Waals surface area contributed by atoms with Crippen molar-refractivity contribution in [2.75, 3.05) is 32.1 Å². The number of thiophene rings is 1. The molecule has 3 heterocycles. The van der Waals surface area contributed by atoms with E-state index in [-0.39, 0.29) is 46.0 Å². The molecule has 2 bridgehead atoms. The van der Waals surface area contributed by atoms with Crippen molar-refractivity contribution < 1.29 is 32.3 Å². The molecule has 1 aromatic heterocycles.